The van der Waals surface area contributed by atoms with Crippen LogP contribution >= 0.6 is 0 Å². The molecule has 0 bridgehead atoms. The Morgan fingerprint density at radius 1 is 0.400 bits per heavy atom. The fourth-order valence-corrected chi connectivity index (χ4v) is 3.46. The second-order valence-electron chi connectivity index (χ2n) is 9.28. The maximum atomic E-state index is 11.3. The molecule has 6 rings (SSSR count). The van der Waals surface area contributed by atoms with Crippen molar-refractivity contribution < 1.29 is 64.2 Å². The molecule has 0 unspecified atom stereocenters. The summed E-state index contributed by atoms with van der Waals surface area (Å²) in [6.07, 6.45) is 7.51. The normalized spacial score (nSPS) is 9.60. The molecule has 0 aliphatic rings. The van der Waals surface area contributed by atoms with E-state index in [2.05, 4.69) is 20.0 Å². The summed E-state index contributed by atoms with van der Waals surface area (Å²) in [5.41, 5.74) is 1.58. The number of benzene rings is 4. The molecule has 0 N–H and O–H groups in total. The van der Waals surface area contributed by atoms with E-state index in [4.69, 9.17) is 0 Å². The molecule has 50 heavy (non-hydrogen) atoms. The summed E-state index contributed by atoms with van der Waals surface area (Å²) in [5.74, 6) is 0.705. The average molecular weight is 764 g/mol. The minimum Gasteiger partial charge on any atom is -0.872 e. The minimum atomic E-state index is -0.215. The molecule has 2 aromatic heterocycles. The number of rotatable bonds is 6. The first-order valence-corrected chi connectivity index (χ1v) is 14.3. The summed E-state index contributed by atoms with van der Waals surface area (Å²) in [5, 5.41) is 43.9. The Kier molecular flexibility index (Phi) is 20.4. The summed E-state index contributed by atoms with van der Waals surface area (Å²) in [6, 6.07) is 36.7. The Morgan fingerprint density at radius 3 is 0.920 bits per heavy atom. The molecule has 0 fully saturated rings. The summed E-state index contributed by atoms with van der Waals surface area (Å²) < 4.78 is 0. The predicted octanol–water partition coefficient (Wildman–Crippen LogP) is 4.95. The van der Waals surface area contributed by atoms with Crippen LogP contribution in [0.25, 0.3) is 0 Å². The zero-order valence-electron chi connectivity index (χ0n) is 26.0. The van der Waals surface area contributed by atoms with E-state index in [0.29, 0.717) is 35.3 Å². The van der Waals surface area contributed by atoms with Crippen molar-refractivity contribution in [3.8, 4) is 23.0 Å². The number of aromatic nitrogens is 2. The van der Waals surface area contributed by atoms with Gasteiger partial charge in [0, 0.05) is 35.9 Å². The van der Waals surface area contributed by atoms with Crippen LogP contribution in [0.4, 0.5) is 11.6 Å². The maximum absolute atomic E-state index is 11.3. The number of para-hydroxylation sites is 4. The molecule has 0 aliphatic carbocycles. The molecule has 2 radical (unpaired) electrons. The summed E-state index contributed by atoms with van der Waals surface area (Å²) in [6.45, 7) is 0. The average Bonchev–Trinajstić information content (AvgIpc) is 3.13. The van der Waals surface area contributed by atoms with Gasteiger partial charge in [0.1, 0.15) is 12.6 Å². The largest absolute Gasteiger partial charge is 2.00 e. The molecule has 6 aromatic rings. The van der Waals surface area contributed by atoms with Gasteiger partial charge in [0.15, 0.2) is 11.6 Å². The van der Waals surface area contributed by atoms with Gasteiger partial charge < -0.3 is 20.4 Å². The Bertz CT molecular complexity index is 1790. The number of hydrogen-bond donors (Lipinski definition) is 0. The molecule has 4 aromatic carbocycles. The van der Waals surface area contributed by atoms with Gasteiger partial charge in [0.25, 0.3) is 0 Å². The van der Waals surface area contributed by atoms with Crippen molar-refractivity contribution in [3.05, 3.63) is 168 Å². The van der Waals surface area contributed by atoms with Gasteiger partial charge in [-0.2, -0.15) is 0 Å². The minimum absolute atomic E-state index is 0. The van der Waals surface area contributed by atoms with E-state index >= 15 is 0 Å². The first-order valence-electron chi connectivity index (χ1n) is 14.3. The van der Waals surface area contributed by atoms with E-state index in [1.807, 2.05) is 24.3 Å². The van der Waals surface area contributed by atoms with Gasteiger partial charge in [-0.1, -0.05) is 121 Å². The van der Waals surface area contributed by atoms with E-state index in [1.165, 1.54) is 48.8 Å². The Hall–Kier alpha value is -5.90. The topological polar surface area (TPSA) is 177 Å². The van der Waals surface area contributed by atoms with Gasteiger partial charge >= 0.3 is 34.1 Å². The molecule has 0 aliphatic heterocycles. The molecule has 0 saturated carbocycles. The fourth-order valence-electron chi connectivity index (χ4n) is 3.46. The predicted molar refractivity (Wildman–Crippen MR) is 177 cm³/mol. The van der Waals surface area contributed by atoms with Crippen LogP contribution in [0.2, 0.25) is 0 Å². The molecular formula is C38H28Cu2N4O6. The summed E-state index contributed by atoms with van der Waals surface area (Å²) >= 11 is 0. The number of hydrogen-bond acceptors (Lipinski definition) is 10. The molecule has 0 atom stereocenters. The van der Waals surface area contributed by atoms with Crippen LogP contribution in [0.5, 0.6) is 23.0 Å². The van der Waals surface area contributed by atoms with E-state index in [0.717, 1.165) is 0 Å². The molecule has 10 nitrogen and oxygen atoms in total. The van der Waals surface area contributed by atoms with Crippen molar-refractivity contribution in [1.29, 1.82) is 0 Å². The third-order valence-corrected chi connectivity index (χ3v) is 5.90. The number of carbonyl (C=O) groups excluding carboxylic acids is 2. The number of pyridine rings is 2. The molecule has 0 amide bonds. The monoisotopic (exact) mass is 762 g/mol. The molecule has 0 spiro atoms. The Morgan fingerprint density at radius 2 is 0.680 bits per heavy atom. The van der Waals surface area contributed by atoms with Crippen LogP contribution in [0, 0.1) is 0 Å². The van der Waals surface area contributed by atoms with Crippen LogP contribution in [0.3, 0.4) is 0 Å². The van der Waals surface area contributed by atoms with Crippen LogP contribution in [-0.4, -0.2) is 35.0 Å². The SMILES string of the molecule is O=Cc1ccccc1[O-].O=Cc1ccccc1[O-].[Cu+2].[Cu+2].[O-]c1ccccc1/C=N/c1ccccn1.[O-]c1ccccc1/C=N/c1ccccn1. The van der Waals surface area contributed by atoms with Crippen LogP contribution in [0.15, 0.2) is 156 Å². The summed E-state index contributed by atoms with van der Waals surface area (Å²) in [4.78, 5) is 36.3. The molecule has 258 valence electrons. The Balaban J connectivity index is 0.000000338. The van der Waals surface area contributed by atoms with Crippen molar-refractivity contribution in [1.82, 2.24) is 9.97 Å². The first-order chi connectivity index (χ1) is 23.4. The standard InChI is InChI=1S/2C12H10N2O.2C7H6O2.2Cu/c2*15-11-6-2-1-5-10(11)9-14-12-7-3-4-8-13-12;2*8-5-6-3-1-2-4-7(6)9;;/h2*1-9,15H;2*1-5,9H;;/q;;;;2*+2/p-4/b2*14-9+;;;;. The van der Waals surface area contributed by atoms with Crippen molar-refractivity contribution in [3.63, 3.8) is 0 Å². The number of aldehydes is 2. The van der Waals surface area contributed by atoms with Gasteiger partial charge in [0.05, 0.1) is 0 Å². The number of carbonyl (C=O) groups is 2. The second-order valence-corrected chi connectivity index (χ2v) is 9.28. The van der Waals surface area contributed by atoms with E-state index in [1.54, 1.807) is 85.2 Å². The van der Waals surface area contributed by atoms with Crippen LogP contribution < -0.4 is 20.4 Å². The van der Waals surface area contributed by atoms with Gasteiger partial charge in [-0.25, -0.2) is 20.0 Å². The fraction of sp³-hybridized carbons (Fsp3) is 0. The van der Waals surface area contributed by atoms with Crippen LogP contribution in [-0.2, 0) is 34.1 Å². The van der Waals surface area contributed by atoms with Crippen molar-refractivity contribution >= 4 is 36.6 Å². The third-order valence-electron chi connectivity index (χ3n) is 5.90. The zero-order valence-corrected chi connectivity index (χ0v) is 27.9. The quantitative estimate of drug-likeness (QED) is 0.130. The van der Waals surface area contributed by atoms with E-state index < -0.39 is 0 Å². The van der Waals surface area contributed by atoms with Gasteiger partial charge in [0.2, 0.25) is 0 Å². The van der Waals surface area contributed by atoms with Gasteiger partial charge in [-0.3, -0.25) is 9.59 Å². The Labute approximate surface area is 310 Å². The van der Waals surface area contributed by atoms with E-state index in [-0.39, 0.29) is 68.3 Å². The maximum Gasteiger partial charge on any atom is 2.00 e. The van der Waals surface area contributed by atoms with E-state index in [9.17, 15) is 30.0 Å². The zero-order chi connectivity index (χ0) is 34.4. The first kappa shape index (κ1) is 42.1. The molecule has 2 heterocycles. The molecule has 12 heteroatoms. The van der Waals surface area contributed by atoms with Crippen LogP contribution in [0.1, 0.15) is 31.8 Å². The molecular weight excluding hydrogens is 736 g/mol. The third kappa shape index (κ3) is 15.3. The number of nitrogens with zero attached hydrogens (tertiary/aromatic N) is 4. The van der Waals surface area contributed by atoms with Gasteiger partial charge in [-0.05, 0) is 35.4 Å². The van der Waals surface area contributed by atoms with Crippen molar-refractivity contribution in [2.24, 2.45) is 9.98 Å². The second kappa shape index (κ2) is 24.3. The smallest absolute Gasteiger partial charge is 0.872 e. The van der Waals surface area contributed by atoms with Crippen molar-refractivity contribution in [2.45, 2.75) is 0 Å². The van der Waals surface area contributed by atoms with Crippen molar-refractivity contribution in [2.75, 3.05) is 0 Å². The van der Waals surface area contributed by atoms with Gasteiger partial charge in [-0.15, -0.1) is 11.5 Å². The number of aliphatic imine (C=N–C) groups is 2. The molecule has 0 saturated heterocycles. The summed E-state index contributed by atoms with van der Waals surface area (Å²) in [7, 11) is 0.